The Hall–Kier alpha value is -2.87. The molecule has 0 saturated carbocycles. The van der Waals surface area contributed by atoms with Crippen molar-refractivity contribution in [3.63, 3.8) is 0 Å². The van der Waals surface area contributed by atoms with Crippen LogP contribution in [0.25, 0.3) is 0 Å². The molecule has 144 valence electrons. The molecule has 2 unspecified atom stereocenters. The lowest BCUT2D eigenvalue weighted by atomic mass is 10.1. The van der Waals surface area contributed by atoms with Gasteiger partial charge >= 0.3 is 5.97 Å². The SMILES string of the molecule is COc1ccc(NC(=O)C(C)OC(=O)CC(NC(C)=O)c2cccs2)cc1. The summed E-state index contributed by atoms with van der Waals surface area (Å²) >= 11 is 1.43. The zero-order chi connectivity index (χ0) is 19.8. The van der Waals surface area contributed by atoms with Crippen molar-refractivity contribution < 1.29 is 23.9 Å². The van der Waals surface area contributed by atoms with Gasteiger partial charge in [-0.15, -0.1) is 11.3 Å². The van der Waals surface area contributed by atoms with E-state index in [0.29, 0.717) is 11.4 Å². The van der Waals surface area contributed by atoms with Crippen LogP contribution in [0.3, 0.4) is 0 Å². The number of methoxy groups -OCH3 is 1. The summed E-state index contributed by atoms with van der Waals surface area (Å²) in [6.07, 6.45) is -1.03. The van der Waals surface area contributed by atoms with Crippen LogP contribution in [-0.4, -0.2) is 31.0 Å². The van der Waals surface area contributed by atoms with Crippen LogP contribution in [0.5, 0.6) is 5.75 Å². The van der Waals surface area contributed by atoms with Crippen LogP contribution in [0.15, 0.2) is 41.8 Å². The van der Waals surface area contributed by atoms with Gasteiger partial charge in [-0.25, -0.2) is 0 Å². The first-order valence-corrected chi connectivity index (χ1v) is 9.22. The molecule has 7 nitrogen and oxygen atoms in total. The summed E-state index contributed by atoms with van der Waals surface area (Å²) in [7, 11) is 1.56. The number of nitrogens with one attached hydrogen (secondary N) is 2. The number of esters is 1. The highest BCUT2D eigenvalue weighted by Crippen LogP contribution is 2.23. The van der Waals surface area contributed by atoms with Crippen LogP contribution < -0.4 is 15.4 Å². The fraction of sp³-hybridized carbons (Fsp3) is 0.316. The fourth-order valence-corrected chi connectivity index (χ4v) is 3.12. The number of ether oxygens (including phenoxy) is 2. The molecule has 1 aromatic heterocycles. The predicted molar refractivity (Wildman–Crippen MR) is 103 cm³/mol. The van der Waals surface area contributed by atoms with Gasteiger partial charge in [0.05, 0.1) is 19.6 Å². The topological polar surface area (TPSA) is 93.7 Å². The van der Waals surface area contributed by atoms with Gasteiger partial charge in [0.25, 0.3) is 5.91 Å². The van der Waals surface area contributed by atoms with Crippen molar-refractivity contribution in [3.8, 4) is 5.75 Å². The fourth-order valence-electron chi connectivity index (χ4n) is 2.34. The summed E-state index contributed by atoms with van der Waals surface area (Å²) in [4.78, 5) is 36.6. The van der Waals surface area contributed by atoms with Gasteiger partial charge in [-0.05, 0) is 42.6 Å². The monoisotopic (exact) mass is 390 g/mol. The summed E-state index contributed by atoms with van der Waals surface area (Å²) < 4.78 is 10.3. The number of anilines is 1. The van der Waals surface area contributed by atoms with E-state index >= 15 is 0 Å². The lowest BCUT2D eigenvalue weighted by Gasteiger charge is -2.18. The molecule has 0 bridgehead atoms. The molecule has 8 heteroatoms. The van der Waals surface area contributed by atoms with E-state index in [4.69, 9.17) is 9.47 Å². The molecule has 2 atom stereocenters. The number of rotatable bonds is 8. The molecule has 2 amide bonds. The number of hydrogen-bond acceptors (Lipinski definition) is 6. The number of carbonyl (C=O) groups is 3. The Morgan fingerprint density at radius 1 is 1.15 bits per heavy atom. The highest BCUT2D eigenvalue weighted by Gasteiger charge is 2.23. The van der Waals surface area contributed by atoms with Crippen LogP contribution in [0.4, 0.5) is 5.69 Å². The quantitative estimate of drug-likeness (QED) is 0.676. The van der Waals surface area contributed by atoms with Crippen molar-refractivity contribution in [1.29, 1.82) is 0 Å². The number of thiophene rings is 1. The first kappa shape index (κ1) is 20.4. The van der Waals surface area contributed by atoms with Crippen molar-refractivity contribution in [3.05, 3.63) is 46.7 Å². The Balaban J connectivity index is 1.90. The molecule has 0 fully saturated rings. The lowest BCUT2D eigenvalue weighted by molar-refractivity contribution is -0.153. The van der Waals surface area contributed by atoms with Crippen molar-refractivity contribution in [2.75, 3.05) is 12.4 Å². The van der Waals surface area contributed by atoms with E-state index < -0.39 is 24.0 Å². The molecule has 1 aromatic carbocycles. The van der Waals surface area contributed by atoms with Gasteiger partial charge in [0, 0.05) is 17.5 Å². The first-order chi connectivity index (χ1) is 12.9. The van der Waals surface area contributed by atoms with Gasteiger partial charge in [0.2, 0.25) is 5.91 Å². The number of benzene rings is 1. The first-order valence-electron chi connectivity index (χ1n) is 8.34. The second-order valence-electron chi connectivity index (χ2n) is 5.82. The van der Waals surface area contributed by atoms with Crippen LogP contribution in [0.1, 0.15) is 31.2 Å². The lowest BCUT2D eigenvalue weighted by Crippen LogP contribution is -2.32. The zero-order valence-electron chi connectivity index (χ0n) is 15.4. The molecular weight excluding hydrogens is 368 g/mol. The molecule has 1 heterocycles. The van der Waals surface area contributed by atoms with Crippen molar-refractivity contribution in [1.82, 2.24) is 5.32 Å². The van der Waals surface area contributed by atoms with Crippen molar-refractivity contribution in [2.45, 2.75) is 32.4 Å². The summed E-state index contributed by atoms with van der Waals surface area (Å²) in [5.41, 5.74) is 0.568. The molecular formula is C19H22N2O5S. The normalized spacial score (nSPS) is 12.6. The van der Waals surface area contributed by atoms with Crippen LogP contribution >= 0.6 is 11.3 Å². The van der Waals surface area contributed by atoms with Crippen LogP contribution in [0, 0.1) is 0 Å². The van der Waals surface area contributed by atoms with Gasteiger partial charge in [-0.3, -0.25) is 14.4 Å². The molecule has 0 aliphatic carbocycles. The van der Waals surface area contributed by atoms with E-state index in [0.717, 1.165) is 4.88 Å². The minimum Gasteiger partial charge on any atom is -0.497 e. The Morgan fingerprint density at radius 3 is 2.41 bits per heavy atom. The van der Waals surface area contributed by atoms with Gasteiger partial charge in [-0.1, -0.05) is 6.07 Å². The van der Waals surface area contributed by atoms with E-state index in [1.807, 2.05) is 17.5 Å². The Labute approximate surface area is 161 Å². The molecule has 0 aliphatic heterocycles. The van der Waals surface area contributed by atoms with Gasteiger partial charge in [0.15, 0.2) is 6.10 Å². The Kier molecular flexibility index (Phi) is 7.36. The Bertz CT molecular complexity index is 774. The summed E-state index contributed by atoms with van der Waals surface area (Å²) in [6, 6.07) is 10.00. The summed E-state index contributed by atoms with van der Waals surface area (Å²) in [5, 5.41) is 7.26. The average Bonchev–Trinajstić information content (AvgIpc) is 3.16. The maximum absolute atomic E-state index is 12.2. The molecule has 0 radical (unpaired) electrons. The highest BCUT2D eigenvalue weighted by molar-refractivity contribution is 7.10. The van der Waals surface area contributed by atoms with Gasteiger partial charge in [0.1, 0.15) is 5.75 Å². The van der Waals surface area contributed by atoms with Crippen LogP contribution in [-0.2, 0) is 19.1 Å². The third-order valence-electron chi connectivity index (χ3n) is 3.67. The third-order valence-corrected chi connectivity index (χ3v) is 4.66. The molecule has 2 rings (SSSR count). The maximum atomic E-state index is 12.2. The van der Waals surface area contributed by atoms with E-state index in [1.54, 1.807) is 31.4 Å². The van der Waals surface area contributed by atoms with E-state index in [1.165, 1.54) is 25.2 Å². The highest BCUT2D eigenvalue weighted by atomic mass is 32.1. The van der Waals surface area contributed by atoms with Crippen molar-refractivity contribution >= 4 is 34.8 Å². The minimum atomic E-state index is -0.971. The number of amides is 2. The molecule has 0 spiro atoms. The molecule has 27 heavy (non-hydrogen) atoms. The van der Waals surface area contributed by atoms with E-state index in [-0.39, 0.29) is 12.3 Å². The van der Waals surface area contributed by atoms with E-state index in [2.05, 4.69) is 10.6 Å². The second-order valence-corrected chi connectivity index (χ2v) is 6.80. The van der Waals surface area contributed by atoms with Gasteiger partial charge in [-0.2, -0.15) is 0 Å². The summed E-state index contributed by atoms with van der Waals surface area (Å²) in [5.74, 6) is -0.586. The number of carbonyl (C=O) groups excluding carboxylic acids is 3. The molecule has 2 aromatic rings. The standard InChI is InChI=1S/C19H22N2O5S/c1-12(19(24)21-14-6-8-15(25-3)9-7-14)26-18(23)11-16(20-13(2)22)17-5-4-10-27-17/h4-10,12,16H,11H2,1-3H3,(H,20,22)(H,21,24). The molecule has 2 N–H and O–H groups in total. The smallest absolute Gasteiger partial charge is 0.309 e. The van der Waals surface area contributed by atoms with Crippen molar-refractivity contribution in [2.24, 2.45) is 0 Å². The largest absolute Gasteiger partial charge is 0.497 e. The third kappa shape index (κ3) is 6.41. The molecule has 0 aliphatic rings. The zero-order valence-corrected chi connectivity index (χ0v) is 16.2. The minimum absolute atomic E-state index is 0.0553. The van der Waals surface area contributed by atoms with E-state index in [9.17, 15) is 14.4 Å². The van der Waals surface area contributed by atoms with Crippen LogP contribution in [0.2, 0.25) is 0 Å². The Morgan fingerprint density at radius 2 is 1.85 bits per heavy atom. The second kappa shape index (κ2) is 9.72. The average molecular weight is 390 g/mol. The molecule has 0 saturated heterocycles. The maximum Gasteiger partial charge on any atom is 0.309 e. The predicted octanol–water partition coefficient (Wildman–Crippen LogP) is 2.89. The van der Waals surface area contributed by atoms with Gasteiger partial charge < -0.3 is 20.1 Å². The number of hydrogen-bond donors (Lipinski definition) is 2. The summed E-state index contributed by atoms with van der Waals surface area (Å²) in [6.45, 7) is 2.88.